The molecule has 0 saturated carbocycles. The molecule has 0 spiro atoms. The molecule has 0 unspecified atom stereocenters. The summed E-state index contributed by atoms with van der Waals surface area (Å²) < 4.78 is 27.9. The zero-order valence-corrected chi connectivity index (χ0v) is 15.7. The number of rotatable bonds is 3. The molecule has 4 fully saturated rings. The summed E-state index contributed by atoms with van der Waals surface area (Å²) in [4.78, 5) is 4.98. The summed E-state index contributed by atoms with van der Waals surface area (Å²) in [5.74, 6) is -0.299. The highest BCUT2D eigenvalue weighted by Gasteiger charge is 2.53. The minimum atomic E-state index is -0.504. The molecular weight excluding hydrogens is 356 g/mol. The van der Waals surface area contributed by atoms with Crippen LogP contribution in [0, 0.1) is 28.9 Å². The van der Waals surface area contributed by atoms with Crippen LogP contribution in [-0.4, -0.2) is 41.5 Å². The lowest BCUT2D eigenvalue weighted by atomic mass is 9.75. The molecule has 5 heteroatoms. The van der Waals surface area contributed by atoms with E-state index in [9.17, 15) is 14.0 Å². The van der Waals surface area contributed by atoms with Gasteiger partial charge in [-0.1, -0.05) is 18.2 Å². The summed E-state index contributed by atoms with van der Waals surface area (Å²) in [5, 5.41) is 9.46. The van der Waals surface area contributed by atoms with Gasteiger partial charge in [-0.3, -0.25) is 9.80 Å². The van der Waals surface area contributed by atoms with Gasteiger partial charge in [0.25, 0.3) is 0 Å². The normalized spacial score (nSPS) is 31.5. The monoisotopic (exact) mass is 379 g/mol. The number of hydrogen-bond donors (Lipinski definition) is 0. The van der Waals surface area contributed by atoms with Crippen molar-refractivity contribution in [2.75, 3.05) is 19.6 Å². The molecule has 6 rings (SSSR count). The number of likely N-dealkylation sites (tertiary alicyclic amines) is 1. The Morgan fingerprint density at radius 3 is 2.43 bits per heavy atom. The Hall–Kier alpha value is -2.29. The molecule has 0 amide bonds. The van der Waals surface area contributed by atoms with E-state index in [2.05, 4.69) is 15.9 Å². The van der Waals surface area contributed by atoms with Crippen LogP contribution >= 0.6 is 0 Å². The van der Waals surface area contributed by atoms with E-state index in [1.165, 1.54) is 25.0 Å². The Labute approximate surface area is 164 Å². The van der Waals surface area contributed by atoms with Gasteiger partial charge in [0.2, 0.25) is 0 Å². The third-order valence-corrected chi connectivity index (χ3v) is 6.92. The zero-order chi connectivity index (χ0) is 19.3. The van der Waals surface area contributed by atoms with Crippen molar-refractivity contribution in [3.63, 3.8) is 0 Å². The van der Waals surface area contributed by atoms with Gasteiger partial charge in [-0.25, -0.2) is 8.78 Å². The molecule has 2 bridgehead atoms. The van der Waals surface area contributed by atoms with Crippen molar-refractivity contribution in [3.8, 4) is 6.07 Å². The number of nitrogens with zero attached hydrogens (tertiary/aromatic N) is 3. The van der Waals surface area contributed by atoms with Crippen LogP contribution in [0.2, 0.25) is 0 Å². The van der Waals surface area contributed by atoms with E-state index in [1.54, 1.807) is 0 Å². The summed E-state index contributed by atoms with van der Waals surface area (Å²) in [6.45, 7) is 3.63. The number of hydrogen-bond acceptors (Lipinski definition) is 3. The summed E-state index contributed by atoms with van der Waals surface area (Å²) in [6, 6.07) is 14.7. The lowest BCUT2D eigenvalue weighted by Gasteiger charge is -2.51. The zero-order valence-electron chi connectivity index (χ0n) is 15.7. The van der Waals surface area contributed by atoms with Crippen molar-refractivity contribution in [1.29, 1.82) is 5.26 Å². The summed E-state index contributed by atoms with van der Waals surface area (Å²) >= 11 is 0. The Morgan fingerprint density at radius 2 is 1.71 bits per heavy atom. The molecule has 3 atom stereocenters. The largest absolute Gasteiger partial charge is 0.298 e. The van der Waals surface area contributed by atoms with Crippen molar-refractivity contribution in [2.45, 2.75) is 37.4 Å². The predicted octanol–water partition coefficient (Wildman–Crippen LogP) is 3.90. The van der Waals surface area contributed by atoms with Crippen molar-refractivity contribution in [1.82, 2.24) is 9.80 Å². The van der Waals surface area contributed by atoms with Crippen LogP contribution in [0.15, 0.2) is 42.5 Å². The molecule has 0 radical (unpaired) electrons. The molecule has 28 heavy (non-hydrogen) atoms. The molecule has 0 aliphatic carbocycles. The molecule has 144 valence electrons. The number of fused-ring (bicyclic) bond motifs is 2. The van der Waals surface area contributed by atoms with E-state index in [0.717, 1.165) is 36.8 Å². The molecule has 4 heterocycles. The fourth-order valence-electron chi connectivity index (χ4n) is 5.79. The fourth-order valence-corrected chi connectivity index (χ4v) is 5.79. The van der Waals surface area contributed by atoms with Crippen LogP contribution in [0.25, 0.3) is 0 Å². The quantitative estimate of drug-likeness (QED) is 0.810. The Kier molecular flexibility index (Phi) is 4.41. The van der Waals surface area contributed by atoms with Gasteiger partial charge >= 0.3 is 0 Å². The molecule has 3 nitrogen and oxygen atoms in total. The number of halogens is 2. The predicted molar refractivity (Wildman–Crippen MR) is 103 cm³/mol. The first-order valence-electron chi connectivity index (χ1n) is 10.1. The van der Waals surface area contributed by atoms with Gasteiger partial charge < -0.3 is 0 Å². The molecule has 4 aliphatic rings. The second kappa shape index (κ2) is 6.95. The van der Waals surface area contributed by atoms with Crippen molar-refractivity contribution >= 4 is 0 Å². The third-order valence-electron chi connectivity index (χ3n) is 6.92. The van der Waals surface area contributed by atoms with E-state index >= 15 is 0 Å². The van der Waals surface area contributed by atoms with Crippen LogP contribution in [0.3, 0.4) is 0 Å². The van der Waals surface area contributed by atoms with E-state index in [-0.39, 0.29) is 5.92 Å². The van der Waals surface area contributed by atoms with Crippen LogP contribution in [0.5, 0.6) is 0 Å². The number of nitriles is 1. The average molecular weight is 379 g/mol. The fraction of sp³-hybridized carbons (Fsp3) is 0.435. The van der Waals surface area contributed by atoms with Gasteiger partial charge in [0, 0.05) is 37.2 Å². The number of piperidine rings is 3. The first kappa shape index (κ1) is 17.8. The van der Waals surface area contributed by atoms with E-state index in [0.29, 0.717) is 30.1 Å². The molecular formula is C23H23F2N3. The Bertz CT molecular complexity index is 909. The van der Waals surface area contributed by atoms with Gasteiger partial charge in [0.15, 0.2) is 0 Å². The summed E-state index contributed by atoms with van der Waals surface area (Å²) in [7, 11) is 0. The lowest BCUT2D eigenvalue weighted by molar-refractivity contribution is -0.00873. The highest BCUT2D eigenvalue weighted by molar-refractivity contribution is 5.38. The second-order valence-electron chi connectivity index (χ2n) is 8.36. The van der Waals surface area contributed by atoms with Crippen LogP contribution in [0.4, 0.5) is 8.78 Å². The SMILES string of the molecule is N#Cc1ccccc1CN1C[C@@H](c2cc(F)cc(F)c2)[C@@H]2[C@H]1C1CCN2CC1. The molecule has 2 aromatic carbocycles. The summed E-state index contributed by atoms with van der Waals surface area (Å²) in [6.07, 6.45) is 2.36. The topological polar surface area (TPSA) is 30.3 Å². The molecule has 4 aliphatic heterocycles. The number of benzene rings is 2. The summed E-state index contributed by atoms with van der Waals surface area (Å²) in [5.41, 5.74) is 2.50. The first-order valence-corrected chi connectivity index (χ1v) is 10.1. The maximum Gasteiger partial charge on any atom is 0.126 e. The second-order valence-corrected chi connectivity index (χ2v) is 8.36. The van der Waals surface area contributed by atoms with Gasteiger partial charge in [0.1, 0.15) is 11.6 Å². The van der Waals surface area contributed by atoms with E-state index in [4.69, 9.17) is 0 Å². The van der Waals surface area contributed by atoms with Gasteiger partial charge in [-0.2, -0.15) is 5.26 Å². The van der Waals surface area contributed by atoms with Gasteiger partial charge in [0.05, 0.1) is 11.6 Å². The van der Waals surface area contributed by atoms with E-state index in [1.807, 2.05) is 24.3 Å². The molecule has 2 aromatic rings. The van der Waals surface area contributed by atoms with Crippen LogP contribution in [0.1, 0.15) is 35.4 Å². The molecule has 4 saturated heterocycles. The van der Waals surface area contributed by atoms with Crippen molar-refractivity contribution in [2.24, 2.45) is 5.92 Å². The van der Waals surface area contributed by atoms with Crippen molar-refractivity contribution in [3.05, 3.63) is 70.8 Å². The van der Waals surface area contributed by atoms with Crippen LogP contribution < -0.4 is 0 Å². The minimum Gasteiger partial charge on any atom is -0.298 e. The van der Waals surface area contributed by atoms with Crippen molar-refractivity contribution < 1.29 is 8.78 Å². The highest BCUT2D eigenvalue weighted by Crippen LogP contribution is 2.47. The van der Waals surface area contributed by atoms with Crippen LogP contribution in [-0.2, 0) is 6.54 Å². The molecule has 0 N–H and O–H groups in total. The average Bonchev–Trinajstić information content (AvgIpc) is 3.10. The first-order chi connectivity index (χ1) is 13.6. The smallest absolute Gasteiger partial charge is 0.126 e. The Morgan fingerprint density at radius 1 is 1.00 bits per heavy atom. The standard InChI is InChI=1S/C23H23F2N3/c24-19-9-18(10-20(25)11-19)21-14-28(13-17-4-2-1-3-16(17)12-26)22-15-5-7-27(8-6-15)23(21)22/h1-4,9-11,15,21-23H,5-8,13-14H2/t21-,22+,23+/m0/s1. The third kappa shape index (κ3) is 2.92. The minimum absolute atomic E-state index is 0.0903. The Balaban J connectivity index is 1.51. The van der Waals surface area contributed by atoms with Gasteiger partial charge in [-0.05, 0) is 61.2 Å². The maximum absolute atomic E-state index is 13.9. The maximum atomic E-state index is 13.9. The highest BCUT2D eigenvalue weighted by atomic mass is 19.1. The molecule has 0 aromatic heterocycles. The lowest BCUT2D eigenvalue weighted by Crippen LogP contribution is -2.60. The van der Waals surface area contributed by atoms with Gasteiger partial charge in [-0.15, -0.1) is 0 Å². The van der Waals surface area contributed by atoms with E-state index < -0.39 is 11.6 Å².